The highest BCUT2D eigenvalue weighted by Gasteiger charge is 2.24. The summed E-state index contributed by atoms with van der Waals surface area (Å²) in [6.07, 6.45) is 1.47. The Labute approximate surface area is 197 Å². The van der Waals surface area contributed by atoms with E-state index in [9.17, 15) is 9.59 Å². The molecule has 0 saturated carbocycles. The van der Waals surface area contributed by atoms with E-state index in [2.05, 4.69) is 41.1 Å². The van der Waals surface area contributed by atoms with Gasteiger partial charge in [0, 0.05) is 23.3 Å². The van der Waals surface area contributed by atoms with Crippen molar-refractivity contribution in [2.45, 2.75) is 17.6 Å². The minimum atomic E-state index is -0.559. The molecule has 0 atom stereocenters. The molecular weight excluding hydrogens is 458 g/mol. The van der Waals surface area contributed by atoms with Crippen molar-refractivity contribution in [3.63, 3.8) is 0 Å². The lowest BCUT2D eigenvalue weighted by Gasteiger charge is -2.05. The fraction of sp³-hybridized carbons (Fsp3) is 0.0952. The third-order valence-corrected chi connectivity index (χ3v) is 5.43. The van der Waals surface area contributed by atoms with E-state index >= 15 is 0 Å². The molecule has 0 fully saturated rings. The molecule has 0 aliphatic carbocycles. The van der Waals surface area contributed by atoms with Gasteiger partial charge in [-0.2, -0.15) is 9.78 Å². The third-order valence-electron chi connectivity index (χ3n) is 4.40. The quantitative estimate of drug-likeness (QED) is 0.196. The van der Waals surface area contributed by atoms with Gasteiger partial charge in [0.2, 0.25) is 17.5 Å². The second-order valence-electron chi connectivity index (χ2n) is 6.87. The molecule has 172 valence electrons. The minimum absolute atomic E-state index is 0.0172. The lowest BCUT2D eigenvalue weighted by Crippen LogP contribution is -2.20. The lowest BCUT2D eigenvalue weighted by atomic mass is 10.2. The summed E-state index contributed by atoms with van der Waals surface area (Å²) >= 11 is 1.48. The molecule has 2 heterocycles. The van der Waals surface area contributed by atoms with E-state index in [4.69, 9.17) is 5.73 Å². The zero-order valence-electron chi connectivity index (χ0n) is 17.9. The molecule has 2 aromatic carbocycles. The largest absolute Gasteiger partial charge is 0.378 e. The summed E-state index contributed by atoms with van der Waals surface area (Å²) in [5.74, 6) is -0.218. The van der Waals surface area contributed by atoms with Crippen LogP contribution >= 0.6 is 11.8 Å². The number of hydrogen-bond donors (Lipinski definition) is 3. The van der Waals surface area contributed by atoms with Gasteiger partial charge in [-0.25, -0.2) is 10.1 Å². The van der Waals surface area contributed by atoms with Crippen molar-refractivity contribution >= 4 is 41.3 Å². The van der Waals surface area contributed by atoms with Crippen LogP contribution in [0.4, 0.5) is 11.5 Å². The molecule has 0 spiro atoms. The number of hydrogen-bond acceptors (Lipinski definition) is 10. The first-order valence-electron chi connectivity index (χ1n) is 9.93. The Hall–Kier alpha value is -4.52. The number of nitrogens with one attached hydrogen (secondary N) is 2. The molecule has 0 bridgehead atoms. The second-order valence-corrected chi connectivity index (χ2v) is 7.92. The van der Waals surface area contributed by atoms with E-state index in [1.807, 2.05) is 30.3 Å². The number of nitrogen functional groups attached to an aromatic ring is 1. The van der Waals surface area contributed by atoms with Crippen molar-refractivity contribution in [2.75, 3.05) is 11.1 Å². The van der Waals surface area contributed by atoms with E-state index in [1.165, 1.54) is 29.6 Å². The second kappa shape index (κ2) is 10.4. The Morgan fingerprint density at radius 3 is 2.59 bits per heavy atom. The molecule has 13 heteroatoms. The smallest absolute Gasteiger partial charge is 0.293 e. The van der Waals surface area contributed by atoms with Crippen molar-refractivity contribution in [1.29, 1.82) is 0 Å². The Morgan fingerprint density at radius 1 is 1.15 bits per heavy atom. The first kappa shape index (κ1) is 22.7. The maximum Gasteiger partial charge on any atom is 0.293 e. The highest BCUT2D eigenvalue weighted by Crippen LogP contribution is 2.25. The molecule has 0 saturated heterocycles. The maximum absolute atomic E-state index is 12.8. The molecule has 0 radical (unpaired) electrons. The molecule has 4 aromatic rings. The number of aromatic nitrogens is 5. The van der Waals surface area contributed by atoms with Gasteiger partial charge in [-0.1, -0.05) is 35.5 Å². The number of nitrogens with zero attached hydrogens (tertiary/aromatic N) is 6. The van der Waals surface area contributed by atoms with Crippen LogP contribution in [0.3, 0.4) is 0 Å². The Morgan fingerprint density at radius 2 is 1.91 bits per heavy atom. The number of thioether (sulfide) groups is 1. The van der Waals surface area contributed by atoms with Crippen LogP contribution in [-0.2, 0) is 10.5 Å². The lowest BCUT2D eigenvalue weighted by molar-refractivity contribution is -0.114. The van der Waals surface area contributed by atoms with Crippen molar-refractivity contribution in [3.05, 3.63) is 71.5 Å². The SMILES string of the molecule is CC(=O)Nc1ccc(/C=N/NC(=O)c2nnn(-c3nonc3N)c2CSc2ccccc2)cc1. The first-order valence-corrected chi connectivity index (χ1v) is 10.9. The first-order chi connectivity index (χ1) is 16.5. The molecule has 0 unspecified atom stereocenters. The van der Waals surface area contributed by atoms with Crippen LogP contribution in [0.2, 0.25) is 0 Å². The summed E-state index contributed by atoms with van der Waals surface area (Å²) in [5.41, 5.74) is 10.1. The zero-order chi connectivity index (χ0) is 23.9. The van der Waals surface area contributed by atoms with Crippen LogP contribution in [0, 0.1) is 0 Å². The number of amides is 2. The van der Waals surface area contributed by atoms with Gasteiger partial charge in [0.1, 0.15) is 0 Å². The number of hydrazone groups is 1. The molecule has 2 aromatic heterocycles. The average Bonchev–Trinajstić information content (AvgIpc) is 3.44. The fourth-order valence-electron chi connectivity index (χ4n) is 2.86. The normalized spacial score (nSPS) is 11.0. The summed E-state index contributed by atoms with van der Waals surface area (Å²) < 4.78 is 5.98. The summed E-state index contributed by atoms with van der Waals surface area (Å²) in [6, 6.07) is 16.6. The number of anilines is 2. The number of rotatable bonds is 8. The Bertz CT molecular complexity index is 1320. The van der Waals surface area contributed by atoms with E-state index in [0.29, 0.717) is 17.1 Å². The summed E-state index contributed by atoms with van der Waals surface area (Å²) in [6.45, 7) is 1.43. The summed E-state index contributed by atoms with van der Waals surface area (Å²) in [5, 5.41) is 22.0. The average molecular weight is 478 g/mol. The Balaban J connectivity index is 1.51. The molecule has 0 aliphatic rings. The third kappa shape index (κ3) is 5.45. The number of carbonyl (C=O) groups excluding carboxylic acids is 2. The molecule has 2 amide bonds. The van der Waals surface area contributed by atoms with Crippen molar-refractivity contribution in [2.24, 2.45) is 5.10 Å². The van der Waals surface area contributed by atoms with Gasteiger partial charge in [0.05, 0.1) is 11.9 Å². The highest BCUT2D eigenvalue weighted by molar-refractivity contribution is 7.98. The fourth-order valence-corrected chi connectivity index (χ4v) is 3.77. The van der Waals surface area contributed by atoms with Crippen molar-refractivity contribution in [1.82, 2.24) is 30.7 Å². The highest BCUT2D eigenvalue weighted by atomic mass is 32.2. The van der Waals surface area contributed by atoms with Crippen molar-refractivity contribution in [3.8, 4) is 5.82 Å². The molecule has 4 N–H and O–H groups in total. The van der Waals surface area contributed by atoms with E-state index in [0.717, 1.165) is 10.5 Å². The predicted octanol–water partition coefficient (Wildman–Crippen LogP) is 2.25. The molecular formula is C21H19N9O3S. The standard InChI is InChI=1S/C21H19N9O3S/c1-13(31)24-15-9-7-14(8-10-15)11-23-26-21(32)18-17(12-34-16-5-3-2-4-6-16)30(29-25-18)20-19(22)27-33-28-20/h2-11H,12H2,1H3,(H2,22,27)(H,24,31)(H,26,32)/b23-11+. The van der Waals surface area contributed by atoms with Gasteiger partial charge in [-0.15, -0.1) is 16.9 Å². The number of carbonyl (C=O) groups is 2. The Kier molecular flexibility index (Phi) is 6.93. The monoisotopic (exact) mass is 477 g/mol. The van der Waals surface area contributed by atoms with Gasteiger partial charge in [-0.05, 0) is 40.1 Å². The maximum atomic E-state index is 12.8. The van der Waals surface area contributed by atoms with Gasteiger partial charge in [0.15, 0.2) is 5.69 Å². The van der Waals surface area contributed by atoms with Gasteiger partial charge >= 0.3 is 0 Å². The van der Waals surface area contributed by atoms with Crippen molar-refractivity contribution < 1.29 is 14.2 Å². The molecule has 0 aliphatic heterocycles. The molecule has 34 heavy (non-hydrogen) atoms. The predicted molar refractivity (Wildman–Crippen MR) is 125 cm³/mol. The van der Waals surface area contributed by atoms with Crippen LogP contribution in [0.15, 0.2) is 69.2 Å². The minimum Gasteiger partial charge on any atom is -0.378 e. The number of nitrogens with two attached hydrogens (primary N) is 1. The summed E-state index contributed by atoms with van der Waals surface area (Å²) in [4.78, 5) is 24.9. The summed E-state index contributed by atoms with van der Waals surface area (Å²) in [7, 11) is 0. The van der Waals surface area contributed by atoms with Crippen LogP contribution in [0.5, 0.6) is 0 Å². The molecule has 4 rings (SSSR count). The van der Waals surface area contributed by atoms with Gasteiger partial charge in [0.25, 0.3) is 5.91 Å². The molecule has 12 nitrogen and oxygen atoms in total. The zero-order valence-corrected chi connectivity index (χ0v) is 18.7. The van der Waals surface area contributed by atoms with Gasteiger partial charge < -0.3 is 11.1 Å². The van der Waals surface area contributed by atoms with Crippen LogP contribution < -0.4 is 16.5 Å². The van der Waals surface area contributed by atoms with Crippen LogP contribution in [0.1, 0.15) is 28.7 Å². The van der Waals surface area contributed by atoms with E-state index in [1.54, 1.807) is 24.3 Å². The van der Waals surface area contributed by atoms with E-state index in [-0.39, 0.29) is 23.2 Å². The van der Waals surface area contributed by atoms with Crippen LogP contribution in [0.25, 0.3) is 5.82 Å². The topological polar surface area (TPSA) is 166 Å². The van der Waals surface area contributed by atoms with E-state index < -0.39 is 5.91 Å². The van der Waals surface area contributed by atoms with Gasteiger partial charge in [-0.3, -0.25) is 9.59 Å². The van der Waals surface area contributed by atoms with Crippen LogP contribution in [-0.4, -0.2) is 43.3 Å². The number of benzene rings is 2.